The van der Waals surface area contributed by atoms with Crippen LogP contribution in [0.5, 0.6) is 0 Å². The van der Waals surface area contributed by atoms with Gasteiger partial charge in [-0.15, -0.1) is 22.7 Å². The van der Waals surface area contributed by atoms with Gasteiger partial charge in [0.1, 0.15) is 9.75 Å². The molecule has 2 aromatic heterocycles. The molecule has 46 heavy (non-hydrogen) atoms. The first-order valence-electron chi connectivity index (χ1n) is 17.0. The van der Waals surface area contributed by atoms with Gasteiger partial charge in [-0.3, -0.25) is 0 Å². The summed E-state index contributed by atoms with van der Waals surface area (Å²) in [4.78, 5) is 28.3. The van der Waals surface area contributed by atoms with Gasteiger partial charge >= 0.3 is 11.9 Å². The third-order valence-electron chi connectivity index (χ3n) is 7.94. The molecule has 0 aliphatic heterocycles. The maximum Gasteiger partial charge on any atom is 0.348 e. The van der Waals surface area contributed by atoms with Crippen LogP contribution in [-0.4, -0.2) is 25.2 Å². The second kappa shape index (κ2) is 19.9. The minimum Gasteiger partial charge on any atom is -0.462 e. The van der Waals surface area contributed by atoms with Crippen LogP contribution in [0.25, 0.3) is 33.0 Å². The van der Waals surface area contributed by atoms with Gasteiger partial charge in [-0.1, -0.05) is 139 Å². The Morgan fingerprint density at radius 1 is 0.500 bits per heavy atom. The van der Waals surface area contributed by atoms with Crippen LogP contribution in [0.2, 0.25) is 0 Å². The number of rotatable bonds is 20. The molecule has 0 aliphatic carbocycles. The Balaban J connectivity index is 1.22. The summed E-state index contributed by atoms with van der Waals surface area (Å²) in [5, 5.41) is 0. The second-order valence-electron chi connectivity index (χ2n) is 11.7. The Hall–Kier alpha value is -3.48. The summed E-state index contributed by atoms with van der Waals surface area (Å²) >= 11 is 2.95. The van der Waals surface area contributed by atoms with Crippen LogP contribution >= 0.6 is 22.7 Å². The first-order chi connectivity index (χ1) is 22.6. The lowest BCUT2D eigenvalue weighted by Crippen LogP contribution is -2.04. The molecule has 0 saturated heterocycles. The van der Waals surface area contributed by atoms with Crippen LogP contribution in [0.3, 0.4) is 0 Å². The minimum absolute atomic E-state index is 0.226. The molecule has 0 atom stereocenters. The van der Waals surface area contributed by atoms with E-state index in [1.807, 2.05) is 24.3 Å². The fraction of sp³-hybridized carbons (Fsp3) is 0.400. The first-order valence-corrected chi connectivity index (χ1v) is 18.6. The molecule has 0 saturated carbocycles. The molecule has 4 nitrogen and oxygen atoms in total. The Morgan fingerprint density at radius 2 is 0.870 bits per heavy atom. The van der Waals surface area contributed by atoms with Crippen LogP contribution in [0.15, 0.2) is 72.8 Å². The lowest BCUT2D eigenvalue weighted by molar-refractivity contribution is 0.0494. The Kier molecular flexibility index (Phi) is 15.3. The number of benzene rings is 2. The van der Waals surface area contributed by atoms with Crippen LogP contribution in [-0.2, 0) is 9.47 Å². The number of thiophene rings is 2. The van der Waals surface area contributed by atoms with Crippen molar-refractivity contribution in [3.05, 3.63) is 93.7 Å². The Labute approximate surface area is 283 Å². The quantitative estimate of drug-likeness (QED) is 0.0539. The van der Waals surface area contributed by atoms with E-state index in [0.717, 1.165) is 57.7 Å². The maximum absolute atomic E-state index is 12.5. The molecule has 4 aromatic rings. The molecular weight excluding hydrogens is 609 g/mol. The number of carbonyl (C=O) groups is 2. The van der Waals surface area contributed by atoms with Crippen LogP contribution in [0.1, 0.15) is 121 Å². The van der Waals surface area contributed by atoms with Gasteiger partial charge in [0.15, 0.2) is 0 Å². The smallest absolute Gasteiger partial charge is 0.348 e. The average Bonchev–Trinajstić information content (AvgIpc) is 3.78. The molecule has 0 radical (unpaired) electrons. The van der Waals surface area contributed by atoms with Gasteiger partial charge in [-0.2, -0.15) is 0 Å². The van der Waals surface area contributed by atoms with Crippen molar-refractivity contribution in [2.24, 2.45) is 0 Å². The van der Waals surface area contributed by atoms with Gasteiger partial charge in [0.25, 0.3) is 0 Å². The number of carbonyl (C=O) groups excluding carboxylic acids is 2. The van der Waals surface area contributed by atoms with E-state index in [-0.39, 0.29) is 11.9 Å². The van der Waals surface area contributed by atoms with Crippen LogP contribution in [0.4, 0.5) is 0 Å². The summed E-state index contributed by atoms with van der Waals surface area (Å²) in [6, 6.07) is 24.4. The largest absolute Gasteiger partial charge is 0.462 e. The second-order valence-corrected chi connectivity index (χ2v) is 13.9. The molecular formula is C40H48O4S2. The molecule has 0 N–H and O–H groups in total. The molecule has 2 aromatic carbocycles. The summed E-state index contributed by atoms with van der Waals surface area (Å²) in [6.07, 6.45) is 18.3. The third kappa shape index (κ3) is 11.7. The monoisotopic (exact) mass is 656 g/mol. The van der Waals surface area contributed by atoms with E-state index < -0.39 is 0 Å². The molecule has 0 unspecified atom stereocenters. The first kappa shape index (κ1) is 35.4. The highest BCUT2D eigenvalue weighted by atomic mass is 32.1. The van der Waals surface area contributed by atoms with Crippen LogP contribution in [0, 0.1) is 0 Å². The molecule has 0 fully saturated rings. The van der Waals surface area contributed by atoms with Crippen molar-refractivity contribution in [3.8, 4) is 20.9 Å². The molecule has 0 bridgehead atoms. The zero-order valence-corrected chi connectivity index (χ0v) is 29.1. The maximum atomic E-state index is 12.5. The molecule has 0 amide bonds. The number of unbranched alkanes of at least 4 members (excludes halogenated alkanes) is 10. The third-order valence-corrected chi connectivity index (χ3v) is 10.2. The Bertz CT molecular complexity index is 1380. The lowest BCUT2D eigenvalue weighted by atomic mass is 10.1. The zero-order valence-electron chi connectivity index (χ0n) is 27.4. The molecule has 4 rings (SSSR count). The molecule has 244 valence electrons. The Morgan fingerprint density at radius 3 is 1.26 bits per heavy atom. The van der Waals surface area contributed by atoms with E-state index in [1.54, 1.807) is 0 Å². The van der Waals surface area contributed by atoms with Crippen LogP contribution < -0.4 is 0 Å². The van der Waals surface area contributed by atoms with Gasteiger partial charge in [0.2, 0.25) is 0 Å². The standard InChI is InChI=1S/C40H48O4S2/c1-3-5-7-9-11-13-29-43-39(41)37-27-25-35(45-37)33-21-17-31(18-22-33)15-16-32-19-23-34(24-20-32)36-26-28-38(46-36)40(42)44-30-14-12-10-8-6-4-2/h15-28H,3-14,29-30H2,1-2H3/b16-15+. The minimum atomic E-state index is -0.226. The van der Waals surface area contributed by atoms with Crippen molar-refractivity contribution in [1.82, 2.24) is 0 Å². The summed E-state index contributed by atoms with van der Waals surface area (Å²) in [5.41, 5.74) is 4.38. The molecule has 0 aliphatic rings. The number of esters is 2. The molecule has 6 heteroatoms. The summed E-state index contributed by atoms with van der Waals surface area (Å²) in [6.45, 7) is 5.41. The zero-order chi connectivity index (χ0) is 32.4. The van der Waals surface area contributed by atoms with Gasteiger partial charge in [-0.25, -0.2) is 9.59 Å². The highest BCUT2D eigenvalue weighted by molar-refractivity contribution is 7.17. The normalized spacial score (nSPS) is 11.3. The highest BCUT2D eigenvalue weighted by Crippen LogP contribution is 2.31. The number of hydrogen-bond acceptors (Lipinski definition) is 6. The van der Waals surface area contributed by atoms with E-state index in [1.165, 1.54) is 74.0 Å². The van der Waals surface area contributed by atoms with E-state index >= 15 is 0 Å². The van der Waals surface area contributed by atoms with E-state index in [9.17, 15) is 9.59 Å². The SMILES string of the molecule is CCCCCCCCOC(=O)c1ccc(-c2ccc(/C=C/c3ccc(-c4ccc(C(=O)OCCCCCCCC)s4)cc3)cc2)s1. The molecule has 0 spiro atoms. The van der Waals surface area contributed by atoms with Crippen molar-refractivity contribution in [1.29, 1.82) is 0 Å². The summed E-state index contributed by atoms with van der Waals surface area (Å²) in [5.74, 6) is -0.451. The van der Waals surface area contributed by atoms with E-state index in [2.05, 4.69) is 74.5 Å². The van der Waals surface area contributed by atoms with Gasteiger partial charge in [0, 0.05) is 9.75 Å². The summed E-state index contributed by atoms with van der Waals surface area (Å²) in [7, 11) is 0. The van der Waals surface area contributed by atoms with Crippen molar-refractivity contribution >= 4 is 46.8 Å². The van der Waals surface area contributed by atoms with Crippen molar-refractivity contribution in [2.45, 2.75) is 90.9 Å². The van der Waals surface area contributed by atoms with Crippen molar-refractivity contribution in [3.63, 3.8) is 0 Å². The fourth-order valence-corrected chi connectivity index (χ4v) is 6.96. The predicted molar refractivity (Wildman–Crippen MR) is 196 cm³/mol. The van der Waals surface area contributed by atoms with Crippen molar-refractivity contribution < 1.29 is 19.1 Å². The topological polar surface area (TPSA) is 52.6 Å². The average molecular weight is 657 g/mol. The van der Waals surface area contributed by atoms with E-state index in [4.69, 9.17) is 9.47 Å². The predicted octanol–water partition coefficient (Wildman–Crippen LogP) is 12.3. The fourth-order valence-electron chi connectivity index (χ4n) is 5.15. The van der Waals surface area contributed by atoms with E-state index in [0.29, 0.717) is 23.0 Å². The van der Waals surface area contributed by atoms with Gasteiger partial charge in [-0.05, 0) is 59.4 Å². The highest BCUT2D eigenvalue weighted by Gasteiger charge is 2.13. The number of hydrogen-bond donors (Lipinski definition) is 0. The lowest BCUT2D eigenvalue weighted by Gasteiger charge is -2.03. The number of ether oxygens (including phenoxy) is 2. The molecule has 2 heterocycles. The van der Waals surface area contributed by atoms with Gasteiger partial charge < -0.3 is 9.47 Å². The van der Waals surface area contributed by atoms with Crippen molar-refractivity contribution in [2.75, 3.05) is 13.2 Å². The van der Waals surface area contributed by atoms with Gasteiger partial charge in [0.05, 0.1) is 13.2 Å². The summed E-state index contributed by atoms with van der Waals surface area (Å²) < 4.78 is 11.0.